The van der Waals surface area contributed by atoms with Gasteiger partial charge in [-0.25, -0.2) is 4.79 Å². The quantitative estimate of drug-likeness (QED) is 0.279. The second kappa shape index (κ2) is 5.13. The summed E-state index contributed by atoms with van der Waals surface area (Å²) in [6.45, 7) is 7.95. The number of rotatable bonds is 3. The molecule has 0 radical (unpaired) electrons. The maximum Gasteiger partial charge on any atom is 0.324 e. The summed E-state index contributed by atoms with van der Waals surface area (Å²) in [7, 11) is 5.52. The van der Waals surface area contributed by atoms with Crippen LogP contribution >= 0.6 is 0 Å². The zero-order valence-corrected chi connectivity index (χ0v) is 11.6. The number of esters is 1. The summed E-state index contributed by atoms with van der Waals surface area (Å²) in [5, 5.41) is 0.955. The molecule has 0 bridgehead atoms. The van der Waals surface area contributed by atoms with Gasteiger partial charge in [0.15, 0.2) is 5.72 Å². The van der Waals surface area contributed by atoms with Gasteiger partial charge < -0.3 is 4.74 Å². The van der Waals surface area contributed by atoms with Crippen molar-refractivity contribution in [3.05, 3.63) is 10.8 Å². The highest BCUT2D eigenvalue weighted by Crippen LogP contribution is 2.26. The van der Waals surface area contributed by atoms with Crippen LogP contribution in [0, 0.1) is 5.41 Å². The van der Waals surface area contributed by atoms with E-state index in [-0.39, 0.29) is 11.4 Å². The summed E-state index contributed by atoms with van der Waals surface area (Å²) < 4.78 is 5.32. The second-order valence-corrected chi connectivity index (χ2v) is 6.06. The Morgan fingerprint density at radius 3 is 1.94 bits per heavy atom. The zero-order valence-electron chi connectivity index (χ0n) is 11.6. The minimum absolute atomic E-state index is 0.0304. The van der Waals surface area contributed by atoms with E-state index in [0.717, 1.165) is 5.37 Å². The van der Waals surface area contributed by atoms with Gasteiger partial charge in [0.2, 0.25) is 0 Å². The second-order valence-electron chi connectivity index (χ2n) is 6.06. The van der Waals surface area contributed by atoms with Crippen LogP contribution < -0.4 is 5.73 Å². The van der Waals surface area contributed by atoms with E-state index in [1.54, 1.807) is 14.8 Å². The molecule has 0 saturated carbocycles. The first kappa shape index (κ1) is 15.4. The third-order valence-electron chi connectivity index (χ3n) is 2.26. The number of ether oxygens (including phenoxy) is 1. The summed E-state index contributed by atoms with van der Waals surface area (Å²) in [6.07, 6.45) is 0.627. The van der Waals surface area contributed by atoms with Gasteiger partial charge in [0.1, 0.15) is 23.5 Å². The third kappa shape index (κ3) is 6.06. The summed E-state index contributed by atoms with van der Waals surface area (Å²) in [5.74, 6) is -0.325. The van der Waals surface area contributed by atoms with Crippen molar-refractivity contribution in [3.8, 4) is 0 Å². The largest absolute Gasteiger partial charge is 0.442 e. The highest BCUT2D eigenvalue weighted by atomic mass is 16.6. The van der Waals surface area contributed by atoms with Gasteiger partial charge in [-0.15, -0.1) is 5.37 Å². The Kier molecular flexibility index (Phi) is 4.93. The standard InChI is InChI=1S/C10H22B3NO2/c1-9(2,3)5-10(4,14)16-8(15)6(11)7(12)13/h5,11-14H2,1-4H3. The fraction of sp³-hybridized carbons (Fsp3) is 0.700. The molecule has 2 N–H and O–H groups in total. The van der Waals surface area contributed by atoms with Crippen LogP contribution in [0.25, 0.3) is 0 Å². The Bertz CT molecular complexity index is 302. The molecule has 0 aromatic carbocycles. The minimum atomic E-state index is -0.911. The molecule has 1 unspecified atom stereocenters. The molecular formula is C10H22B3NO2. The van der Waals surface area contributed by atoms with Gasteiger partial charge in [-0.05, 0) is 17.8 Å². The van der Waals surface area contributed by atoms with E-state index >= 15 is 0 Å². The molecule has 0 aromatic rings. The van der Waals surface area contributed by atoms with E-state index in [1.165, 1.54) is 0 Å². The van der Waals surface area contributed by atoms with E-state index in [2.05, 4.69) is 20.8 Å². The van der Waals surface area contributed by atoms with Gasteiger partial charge in [-0.1, -0.05) is 20.8 Å². The van der Waals surface area contributed by atoms with Gasteiger partial charge in [-0.3, -0.25) is 5.73 Å². The van der Waals surface area contributed by atoms with Crippen molar-refractivity contribution in [2.24, 2.45) is 11.1 Å². The van der Waals surface area contributed by atoms with Gasteiger partial charge in [0.25, 0.3) is 0 Å². The lowest BCUT2D eigenvalue weighted by atomic mass is 9.69. The van der Waals surface area contributed by atoms with E-state index in [1.807, 2.05) is 15.7 Å². The molecule has 0 rings (SSSR count). The molecule has 0 saturated heterocycles. The number of hydrogen-bond donors (Lipinski definition) is 1. The molecule has 88 valence electrons. The van der Waals surface area contributed by atoms with E-state index in [9.17, 15) is 4.79 Å². The van der Waals surface area contributed by atoms with Crippen molar-refractivity contribution in [1.29, 1.82) is 0 Å². The van der Waals surface area contributed by atoms with Crippen molar-refractivity contribution < 1.29 is 9.53 Å². The Morgan fingerprint density at radius 2 is 1.62 bits per heavy atom. The Labute approximate surface area is 101 Å². The van der Waals surface area contributed by atoms with Crippen molar-refractivity contribution in [2.75, 3.05) is 0 Å². The van der Waals surface area contributed by atoms with Crippen LogP contribution in [-0.2, 0) is 9.53 Å². The average Bonchev–Trinajstić information content (AvgIpc) is 1.96. The topological polar surface area (TPSA) is 52.3 Å². The number of carbonyl (C=O) groups is 1. The average molecular weight is 221 g/mol. The molecule has 3 nitrogen and oxygen atoms in total. The van der Waals surface area contributed by atoms with Crippen LogP contribution in [0.15, 0.2) is 10.8 Å². The zero-order chi connectivity index (χ0) is 13.1. The van der Waals surface area contributed by atoms with E-state index < -0.39 is 5.72 Å². The predicted molar refractivity (Wildman–Crippen MR) is 75.4 cm³/mol. The first-order valence-corrected chi connectivity index (χ1v) is 5.61. The van der Waals surface area contributed by atoms with Crippen LogP contribution in [0.5, 0.6) is 0 Å². The fourth-order valence-electron chi connectivity index (χ4n) is 1.58. The molecule has 0 fully saturated rings. The molecule has 0 aliphatic carbocycles. The van der Waals surface area contributed by atoms with Crippen LogP contribution in [0.4, 0.5) is 0 Å². The monoisotopic (exact) mass is 221 g/mol. The molecule has 1 atom stereocenters. The van der Waals surface area contributed by atoms with Crippen molar-refractivity contribution in [3.63, 3.8) is 0 Å². The Morgan fingerprint density at radius 1 is 1.19 bits per heavy atom. The number of carbonyl (C=O) groups excluding carboxylic acids is 1. The lowest BCUT2D eigenvalue weighted by molar-refractivity contribution is -0.154. The van der Waals surface area contributed by atoms with Gasteiger partial charge in [-0.2, -0.15) is 0 Å². The molecular weight excluding hydrogens is 199 g/mol. The molecule has 0 aliphatic heterocycles. The molecule has 0 amide bonds. The van der Waals surface area contributed by atoms with Gasteiger partial charge >= 0.3 is 5.97 Å². The van der Waals surface area contributed by atoms with E-state index in [4.69, 9.17) is 10.5 Å². The summed E-state index contributed by atoms with van der Waals surface area (Å²) in [4.78, 5) is 11.7. The normalized spacial score (nSPS) is 15.1. The van der Waals surface area contributed by atoms with Gasteiger partial charge in [0, 0.05) is 6.42 Å². The summed E-state index contributed by atoms with van der Waals surface area (Å²) >= 11 is 0. The van der Waals surface area contributed by atoms with Crippen molar-refractivity contribution in [1.82, 2.24) is 0 Å². The van der Waals surface area contributed by atoms with Crippen LogP contribution in [0.2, 0.25) is 0 Å². The maximum atomic E-state index is 11.7. The molecule has 0 heterocycles. The summed E-state index contributed by atoms with van der Waals surface area (Å²) in [6, 6.07) is 0. The van der Waals surface area contributed by atoms with Crippen LogP contribution in [0.1, 0.15) is 34.1 Å². The minimum Gasteiger partial charge on any atom is -0.442 e. The molecule has 0 aromatic heterocycles. The summed E-state index contributed by atoms with van der Waals surface area (Å²) in [5.41, 5.74) is 5.73. The lowest BCUT2D eigenvalue weighted by Gasteiger charge is -2.32. The Hall–Kier alpha value is -0.635. The smallest absolute Gasteiger partial charge is 0.324 e. The van der Waals surface area contributed by atoms with Crippen molar-refractivity contribution in [2.45, 2.75) is 39.8 Å². The number of nitrogens with two attached hydrogens (primary N) is 1. The number of hydrogen-bond acceptors (Lipinski definition) is 3. The molecule has 0 spiro atoms. The molecule has 16 heavy (non-hydrogen) atoms. The highest BCUT2D eigenvalue weighted by molar-refractivity contribution is 6.55. The van der Waals surface area contributed by atoms with Crippen LogP contribution in [0.3, 0.4) is 0 Å². The predicted octanol–water partition coefficient (Wildman–Crippen LogP) is -1.29. The van der Waals surface area contributed by atoms with Gasteiger partial charge in [0.05, 0.1) is 0 Å². The van der Waals surface area contributed by atoms with E-state index in [0.29, 0.717) is 11.9 Å². The van der Waals surface area contributed by atoms with Crippen molar-refractivity contribution >= 4 is 29.5 Å². The molecule has 0 aliphatic rings. The Balaban J connectivity index is 4.62. The SMILES string of the molecule is BC(B)=C(B)C(=O)OC(C)(N)CC(C)(C)C. The first-order valence-electron chi connectivity index (χ1n) is 5.61. The molecule has 6 heteroatoms. The van der Waals surface area contributed by atoms with Crippen LogP contribution in [-0.4, -0.2) is 35.2 Å². The fourth-order valence-corrected chi connectivity index (χ4v) is 1.58. The third-order valence-corrected chi connectivity index (χ3v) is 2.26. The lowest BCUT2D eigenvalue weighted by Crippen LogP contribution is -2.44. The first-order chi connectivity index (χ1) is 6.94. The maximum absolute atomic E-state index is 11.7. The highest BCUT2D eigenvalue weighted by Gasteiger charge is 2.29.